The second kappa shape index (κ2) is 5.63. The fourth-order valence-electron chi connectivity index (χ4n) is 1.95. The molecule has 0 aromatic rings. The van der Waals surface area contributed by atoms with Crippen molar-refractivity contribution in [2.45, 2.75) is 25.7 Å². The highest BCUT2D eigenvalue weighted by atomic mass is 16.9. The molecule has 0 unspecified atom stereocenters. The second-order valence-corrected chi connectivity index (χ2v) is 5.07. The second-order valence-electron chi connectivity index (χ2n) is 5.07. The van der Waals surface area contributed by atoms with E-state index in [2.05, 4.69) is 6.92 Å². The van der Waals surface area contributed by atoms with Gasteiger partial charge in [0, 0.05) is 25.6 Å². The Morgan fingerprint density at radius 2 is 1.65 bits per heavy atom. The van der Waals surface area contributed by atoms with E-state index < -0.39 is 5.97 Å². The summed E-state index contributed by atoms with van der Waals surface area (Å²) in [6, 6.07) is 0. The Balaban J connectivity index is 1.62. The fraction of sp³-hybridized carbons (Fsp3) is 1.00. The smallest absolute Gasteiger partial charge is 0.283 e. The molecule has 3 heterocycles. The maximum absolute atomic E-state index is 5.67. The van der Waals surface area contributed by atoms with E-state index in [1.54, 1.807) is 7.11 Å². The molecule has 100 valence electrons. The minimum atomic E-state index is -0.803. The summed E-state index contributed by atoms with van der Waals surface area (Å²) in [5.74, 6) is -0.803. The van der Waals surface area contributed by atoms with Crippen LogP contribution in [-0.2, 0) is 23.7 Å². The van der Waals surface area contributed by atoms with E-state index in [1.165, 1.54) is 0 Å². The van der Waals surface area contributed by atoms with Crippen molar-refractivity contribution in [3.05, 3.63) is 0 Å². The molecule has 2 bridgehead atoms. The van der Waals surface area contributed by atoms with Crippen molar-refractivity contribution >= 4 is 0 Å². The summed E-state index contributed by atoms with van der Waals surface area (Å²) in [7, 11) is 1.67. The van der Waals surface area contributed by atoms with Crippen LogP contribution in [0.1, 0.15) is 19.8 Å². The normalized spacial score (nSPS) is 36.4. The fourth-order valence-corrected chi connectivity index (χ4v) is 1.95. The molecule has 5 heteroatoms. The molecule has 3 saturated heterocycles. The van der Waals surface area contributed by atoms with Gasteiger partial charge in [-0.25, -0.2) is 0 Å². The quantitative estimate of drug-likeness (QED) is 0.631. The summed E-state index contributed by atoms with van der Waals surface area (Å²) >= 11 is 0. The first-order valence-electron chi connectivity index (χ1n) is 6.17. The van der Waals surface area contributed by atoms with E-state index in [4.69, 9.17) is 23.7 Å². The molecule has 3 aliphatic heterocycles. The summed E-state index contributed by atoms with van der Waals surface area (Å²) in [6.45, 7) is 6.21. The summed E-state index contributed by atoms with van der Waals surface area (Å²) in [4.78, 5) is 0. The third kappa shape index (κ3) is 3.39. The Labute approximate surface area is 102 Å². The molecule has 0 N–H and O–H groups in total. The van der Waals surface area contributed by atoms with E-state index in [0.29, 0.717) is 19.8 Å². The van der Waals surface area contributed by atoms with Gasteiger partial charge in [0.2, 0.25) is 0 Å². The van der Waals surface area contributed by atoms with Gasteiger partial charge in [-0.3, -0.25) is 0 Å². The van der Waals surface area contributed by atoms with Gasteiger partial charge >= 0.3 is 0 Å². The minimum absolute atomic E-state index is 0.0384. The van der Waals surface area contributed by atoms with Crippen LogP contribution in [0.3, 0.4) is 0 Å². The highest BCUT2D eigenvalue weighted by Crippen LogP contribution is 2.40. The highest BCUT2D eigenvalue weighted by Gasteiger charge is 2.49. The first-order chi connectivity index (χ1) is 8.18. The summed E-state index contributed by atoms with van der Waals surface area (Å²) in [5, 5.41) is 0. The Hall–Kier alpha value is -0.200. The highest BCUT2D eigenvalue weighted by molar-refractivity contribution is 4.84. The molecule has 0 aromatic heterocycles. The van der Waals surface area contributed by atoms with Crippen LogP contribution in [0.5, 0.6) is 0 Å². The maximum atomic E-state index is 5.67. The van der Waals surface area contributed by atoms with Gasteiger partial charge in [0.05, 0.1) is 33.0 Å². The van der Waals surface area contributed by atoms with Crippen LogP contribution in [0, 0.1) is 5.41 Å². The monoisotopic (exact) mass is 246 g/mol. The lowest BCUT2D eigenvalue weighted by molar-refractivity contribution is -0.467. The topological polar surface area (TPSA) is 46.2 Å². The Bertz CT molecular complexity index is 219. The van der Waals surface area contributed by atoms with Gasteiger partial charge < -0.3 is 23.7 Å². The average molecular weight is 246 g/mol. The van der Waals surface area contributed by atoms with Crippen LogP contribution in [0.2, 0.25) is 0 Å². The van der Waals surface area contributed by atoms with Gasteiger partial charge in [0.25, 0.3) is 5.97 Å². The number of fused-ring (bicyclic) bond motifs is 3. The first kappa shape index (κ1) is 13.2. The maximum Gasteiger partial charge on any atom is 0.283 e. The third-order valence-electron chi connectivity index (χ3n) is 3.13. The number of hydrogen-bond acceptors (Lipinski definition) is 5. The first-order valence-corrected chi connectivity index (χ1v) is 6.17. The molecular formula is C12H22O5. The summed E-state index contributed by atoms with van der Waals surface area (Å²) in [6.07, 6.45) is 1.58. The van der Waals surface area contributed by atoms with Crippen LogP contribution < -0.4 is 0 Å². The number of methoxy groups -OCH3 is 1. The predicted molar refractivity (Wildman–Crippen MR) is 60.6 cm³/mol. The standard InChI is InChI=1S/C12H22O5/c1-11-8-15-12(16-9-11,17-10-11)4-3-5-14-7-6-13-2/h3-10H2,1-2H3. The lowest BCUT2D eigenvalue weighted by Crippen LogP contribution is -2.58. The van der Waals surface area contributed by atoms with Crippen LogP contribution in [-0.4, -0.2) is 52.7 Å². The molecule has 0 spiro atoms. The lowest BCUT2D eigenvalue weighted by atomic mass is 9.91. The van der Waals surface area contributed by atoms with Gasteiger partial charge in [-0.2, -0.15) is 0 Å². The molecule has 0 radical (unpaired) electrons. The molecule has 3 aliphatic rings. The van der Waals surface area contributed by atoms with Crippen molar-refractivity contribution < 1.29 is 23.7 Å². The van der Waals surface area contributed by atoms with Crippen molar-refractivity contribution in [3.8, 4) is 0 Å². The van der Waals surface area contributed by atoms with Crippen molar-refractivity contribution in [2.24, 2.45) is 5.41 Å². The largest absolute Gasteiger partial charge is 0.382 e. The van der Waals surface area contributed by atoms with E-state index in [-0.39, 0.29) is 5.41 Å². The Kier molecular flexibility index (Phi) is 4.38. The molecule has 5 nitrogen and oxygen atoms in total. The molecule has 0 aromatic carbocycles. The van der Waals surface area contributed by atoms with Gasteiger partial charge in [-0.15, -0.1) is 0 Å². The van der Waals surface area contributed by atoms with Crippen molar-refractivity contribution in [2.75, 3.05) is 46.8 Å². The zero-order chi connectivity index (χ0) is 12.2. The van der Waals surface area contributed by atoms with Crippen LogP contribution in [0.4, 0.5) is 0 Å². The number of rotatable bonds is 7. The van der Waals surface area contributed by atoms with Crippen LogP contribution >= 0.6 is 0 Å². The van der Waals surface area contributed by atoms with Crippen LogP contribution in [0.15, 0.2) is 0 Å². The van der Waals surface area contributed by atoms with Gasteiger partial charge in [0.15, 0.2) is 0 Å². The molecule has 3 fully saturated rings. The van der Waals surface area contributed by atoms with E-state index in [1.807, 2.05) is 0 Å². The van der Waals surface area contributed by atoms with Gasteiger partial charge in [-0.05, 0) is 6.42 Å². The Morgan fingerprint density at radius 1 is 1.00 bits per heavy atom. The number of hydrogen-bond donors (Lipinski definition) is 0. The summed E-state index contributed by atoms with van der Waals surface area (Å²) < 4.78 is 27.3. The van der Waals surface area contributed by atoms with Gasteiger partial charge in [-0.1, -0.05) is 6.92 Å². The molecular weight excluding hydrogens is 224 g/mol. The molecule has 0 atom stereocenters. The van der Waals surface area contributed by atoms with Gasteiger partial charge in [0.1, 0.15) is 0 Å². The van der Waals surface area contributed by atoms with E-state index >= 15 is 0 Å². The van der Waals surface area contributed by atoms with Crippen molar-refractivity contribution in [1.29, 1.82) is 0 Å². The summed E-state index contributed by atoms with van der Waals surface area (Å²) in [5.41, 5.74) is 0.0384. The molecule has 0 amide bonds. The SMILES string of the molecule is COCCOCCCC12OCC(C)(CO1)CO2. The third-order valence-corrected chi connectivity index (χ3v) is 3.13. The van der Waals surface area contributed by atoms with Crippen molar-refractivity contribution in [3.63, 3.8) is 0 Å². The molecule has 17 heavy (non-hydrogen) atoms. The zero-order valence-corrected chi connectivity index (χ0v) is 10.7. The van der Waals surface area contributed by atoms with E-state index in [9.17, 15) is 0 Å². The minimum Gasteiger partial charge on any atom is -0.382 e. The van der Waals surface area contributed by atoms with Crippen molar-refractivity contribution in [1.82, 2.24) is 0 Å². The number of ether oxygens (including phenoxy) is 5. The Morgan fingerprint density at radius 3 is 2.24 bits per heavy atom. The average Bonchev–Trinajstić information content (AvgIpc) is 2.36. The zero-order valence-electron chi connectivity index (χ0n) is 10.7. The van der Waals surface area contributed by atoms with E-state index in [0.717, 1.165) is 32.7 Å². The molecule has 0 saturated carbocycles. The molecule has 3 rings (SSSR count). The predicted octanol–water partition coefficient (Wildman–Crippen LogP) is 1.17. The lowest BCUT2D eigenvalue weighted by Gasteiger charge is -2.50. The van der Waals surface area contributed by atoms with Crippen LogP contribution in [0.25, 0.3) is 0 Å². The molecule has 0 aliphatic carbocycles.